The van der Waals surface area contributed by atoms with Crippen LogP contribution in [0, 0.1) is 5.82 Å². The van der Waals surface area contributed by atoms with Gasteiger partial charge in [-0.05, 0) is 58.1 Å². The quantitative estimate of drug-likeness (QED) is 0.382. The number of nitrogens with one attached hydrogen (secondary N) is 1. The van der Waals surface area contributed by atoms with Gasteiger partial charge in [0.25, 0.3) is 5.91 Å². The number of benzene rings is 2. The number of aromatic nitrogens is 1. The molecule has 0 radical (unpaired) electrons. The van der Waals surface area contributed by atoms with Crippen molar-refractivity contribution in [3.05, 3.63) is 58.1 Å². The molecule has 0 spiro atoms. The van der Waals surface area contributed by atoms with Crippen LogP contribution in [0.4, 0.5) is 10.1 Å². The van der Waals surface area contributed by atoms with E-state index in [0.29, 0.717) is 42.3 Å². The number of nitrogens with zero attached hydrogens (tertiary/aromatic N) is 3. The van der Waals surface area contributed by atoms with Crippen molar-refractivity contribution < 1.29 is 13.9 Å². The molecular formula is C27H34FN5O3. The molecule has 0 unspecified atom stereocenters. The molecule has 1 aromatic heterocycles. The molecule has 8 nitrogen and oxygen atoms in total. The Bertz CT molecular complexity index is 1350. The number of para-hydroxylation sites is 2. The standard InChI is InChI=1S/C26H30FN5O3.CH4/c1-30(2)11-6-5-10-29-26(34)18-15-32-20-7-3-4-8-21(20)35-25-22(32)17(24(18)33)13-19(27)23(25)31-12-9-16(28)14-31;/h3-4,7-8,13,15-16H,5-6,9-12,14,28H2,1-2H3,(H,29,34);1H4/t16-;/m1./s1. The minimum Gasteiger partial charge on any atom is -0.451 e. The number of amides is 1. The number of hydrogen-bond donors (Lipinski definition) is 2. The van der Waals surface area contributed by atoms with E-state index >= 15 is 4.39 Å². The number of halogens is 1. The first kappa shape index (κ1) is 25.7. The zero-order chi connectivity index (χ0) is 24.7. The molecule has 0 saturated carbocycles. The molecule has 1 saturated heterocycles. The number of nitrogens with two attached hydrogens (primary N) is 1. The molecule has 192 valence electrons. The second-order valence-electron chi connectivity index (χ2n) is 9.51. The molecule has 5 rings (SSSR count). The minimum absolute atomic E-state index is 0. The van der Waals surface area contributed by atoms with Crippen LogP contribution in [-0.4, -0.2) is 61.7 Å². The summed E-state index contributed by atoms with van der Waals surface area (Å²) >= 11 is 0. The van der Waals surface area contributed by atoms with Crippen LogP contribution in [0.1, 0.15) is 37.0 Å². The minimum atomic E-state index is -0.564. The summed E-state index contributed by atoms with van der Waals surface area (Å²) in [7, 11) is 4.00. The van der Waals surface area contributed by atoms with Crippen LogP contribution in [0.15, 0.2) is 41.3 Å². The van der Waals surface area contributed by atoms with Crippen molar-refractivity contribution in [1.29, 1.82) is 0 Å². The highest BCUT2D eigenvalue weighted by atomic mass is 19.1. The number of pyridine rings is 1. The molecule has 1 atom stereocenters. The molecule has 2 aromatic carbocycles. The Kier molecular flexibility index (Phi) is 7.33. The molecule has 2 aliphatic rings. The van der Waals surface area contributed by atoms with E-state index in [2.05, 4.69) is 10.2 Å². The fourth-order valence-electron chi connectivity index (χ4n) is 4.85. The Balaban J connectivity index is 0.00000304. The maximum atomic E-state index is 15.5. The first-order valence-electron chi connectivity index (χ1n) is 12.0. The highest BCUT2D eigenvalue weighted by molar-refractivity contribution is 6.01. The van der Waals surface area contributed by atoms with Crippen LogP contribution in [0.2, 0.25) is 0 Å². The predicted molar refractivity (Wildman–Crippen MR) is 141 cm³/mol. The van der Waals surface area contributed by atoms with Crippen molar-refractivity contribution >= 4 is 22.5 Å². The number of hydrogen-bond acceptors (Lipinski definition) is 6. The molecule has 1 amide bonds. The fraction of sp³-hybridized carbons (Fsp3) is 0.407. The van der Waals surface area contributed by atoms with Gasteiger partial charge in [-0.3, -0.25) is 9.59 Å². The molecule has 36 heavy (non-hydrogen) atoms. The summed E-state index contributed by atoms with van der Waals surface area (Å²) in [4.78, 5) is 30.4. The van der Waals surface area contributed by atoms with E-state index in [1.54, 1.807) is 16.8 Å². The molecular weight excluding hydrogens is 461 g/mol. The van der Waals surface area contributed by atoms with E-state index < -0.39 is 17.2 Å². The Labute approximate surface area is 210 Å². The van der Waals surface area contributed by atoms with Crippen molar-refractivity contribution in [3.8, 4) is 17.2 Å². The number of carbonyl (C=O) groups is 1. The van der Waals surface area contributed by atoms with Gasteiger partial charge in [-0.1, -0.05) is 19.6 Å². The maximum Gasteiger partial charge on any atom is 0.256 e. The summed E-state index contributed by atoms with van der Waals surface area (Å²) in [6.07, 6.45) is 4.01. The molecule has 3 aromatic rings. The Morgan fingerprint density at radius 1 is 1.28 bits per heavy atom. The lowest BCUT2D eigenvalue weighted by Gasteiger charge is -2.29. The topological polar surface area (TPSA) is 92.8 Å². The van der Waals surface area contributed by atoms with Crippen molar-refractivity contribution in [2.75, 3.05) is 45.2 Å². The van der Waals surface area contributed by atoms with Gasteiger partial charge >= 0.3 is 0 Å². The van der Waals surface area contributed by atoms with Gasteiger partial charge in [0, 0.05) is 31.9 Å². The predicted octanol–water partition coefficient (Wildman–Crippen LogP) is 3.48. The number of carbonyl (C=O) groups excluding carboxylic acids is 1. The van der Waals surface area contributed by atoms with Gasteiger partial charge in [-0.25, -0.2) is 4.39 Å². The summed E-state index contributed by atoms with van der Waals surface area (Å²) in [5.74, 6) is -0.229. The smallest absolute Gasteiger partial charge is 0.256 e. The molecule has 3 N–H and O–H groups in total. The third-order valence-corrected chi connectivity index (χ3v) is 6.61. The number of rotatable bonds is 7. The van der Waals surface area contributed by atoms with Crippen LogP contribution in [-0.2, 0) is 0 Å². The first-order valence-corrected chi connectivity index (χ1v) is 12.0. The lowest BCUT2D eigenvalue weighted by molar-refractivity contribution is 0.0951. The summed E-state index contributed by atoms with van der Waals surface area (Å²) in [5, 5.41) is 2.95. The highest BCUT2D eigenvalue weighted by Gasteiger charge is 2.32. The van der Waals surface area contributed by atoms with Crippen molar-refractivity contribution in [2.24, 2.45) is 5.73 Å². The van der Waals surface area contributed by atoms with E-state index in [-0.39, 0.29) is 30.2 Å². The van der Waals surface area contributed by atoms with Gasteiger partial charge in [0.15, 0.2) is 17.3 Å². The van der Waals surface area contributed by atoms with Crippen LogP contribution in [0.5, 0.6) is 11.5 Å². The van der Waals surface area contributed by atoms with Crippen molar-refractivity contribution in [3.63, 3.8) is 0 Å². The molecule has 0 aliphatic carbocycles. The number of unbranched alkanes of at least 4 members (excludes halogenated alkanes) is 1. The van der Waals surface area contributed by atoms with Crippen LogP contribution in [0.25, 0.3) is 16.6 Å². The fourth-order valence-corrected chi connectivity index (χ4v) is 4.85. The number of fused-ring (bicyclic) bond motifs is 2. The number of anilines is 1. The largest absolute Gasteiger partial charge is 0.451 e. The Morgan fingerprint density at radius 3 is 2.78 bits per heavy atom. The monoisotopic (exact) mass is 495 g/mol. The summed E-state index contributed by atoms with van der Waals surface area (Å²) in [6, 6.07) is 8.49. The summed E-state index contributed by atoms with van der Waals surface area (Å²) in [5.41, 5.74) is 6.97. The zero-order valence-corrected chi connectivity index (χ0v) is 20.0. The van der Waals surface area contributed by atoms with Crippen LogP contribution < -0.4 is 26.1 Å². The van der Waals surface area contributed by atoms with Gasteiger partial charge < -0.3 is 30.2 Å². The van der Waals surface area contributed by atoms with Crippen molar-refractivity contribution in [2.45, 2.75) is 32.7 Å². The maximum absolute atomic E-state index is 15.5. The third-order valence-electron chi connectivity index (χ3n) is 6.61. The van der Waals surface area contributed by atoms with Gasteiger partial charge in [-0.15, -0.1) is 0 Å². The average Bonchev–Trinajstić information content (AvgIpc) is 3.25. The van der Waals surface area contributed by atoms with E-state index in [4.69, 9.17) is 10.5 Å². The van der Waals surface area contributed by atoms with E-state index in [1.807, 2.05) is 37.2 Å². The van der Waals surface area contributed by atoms with E-state index in [9.17, 15) is 9.59 Å². The normalized spacial score (nSPS) is 16.0. The van der Waals surface area contributed by atoms with Gasteiger partial charge in [0.1, 0.15) is 16.8 Å². The first-order chi connectivity index (χ1) is 16.8. The molecule has 3 heterocycles. The molecule has 1 fully saturated rings. The lowest BCUT2D eigenvalue weighted by Crippen LogP contribution is -2.32. The van der Waals surface area contributed by atoms with Gasteiger partial charge in [0.2, 0.25) is 5.43 Å². The van der Waals surface area contributed by atoms with E-state index in [1.165, 1.54) is 6.07 Å². The zero-order valence-electron chi connectivity index (χ0n) is 20.0. The SMILES string of the molecule is C.CN(C)CCCCNC(=O)c1cn2c3c(c(N4CC[C@@H](N)C4)c(F)cc3c1=O)Oc1ccccc1-2. The molecule has 0 bridgehead atoms. The second kappa shape index (κ2) is 10.3. The third kappa shape index (κ3) is 4.56. The van der Waals surface area contributed by atoms with Gasteiger partial charge in [-0.2, -0.15) is 0 Å². The number of ether oxygens (including phenoxy) is 1. The van der Waals surface area contributed by atoms with E-state index in [0.717, 1.165) is 25.8 Å². The van der Waals surface area contributed by atoms with Gasteiger partial charge in [0.05, 0.1) is 11.1 Å². The highest BCUT2D eigenvalue weighted by Crippen LogP contribution is 2.46. The van der Waals surface area contributed by atoms with Crippen LogP contribution >= 0.6 is 0 Å². The Morgan fingerprint density at radius 2 is 2.06 bits per heavy atom. The summed E-state index contributed by atoms with van der Waals surface area (Å²) in [6.45, 7) is 2.47. The Hall–Kier alpha value is -3.43. The van der Waals surface area contributed by atoms with Crippen molar-refractivity contribution in [1.82, 2.24) is 14.8 Å². The molecule has 2 aliphatic heterocycles. The second-order valence-corrected chi connectivity index (χ2v) is 9.51. The summed E-state index contributed by atoms with van der Waals surface area (Å²) < 4.78 is 23.5. The van der Waals surface area contributed by atoms with Crippen LogP contribution in [0.3, 0.4) is 0 Å². The average molecular weight is 496 g/mol. The molecule has 9 heteroatoms. The lowest BCUT2D eigenvalue weighted by atomic mass is 10.1.